The van der Waals surface area contributed by atoms with E-state index in [-0.39, 0.29) is 29.1 Å². The molecule has 0 aromatic heterocycles. The largest absolute Gasteiger partial charge is 0.273 e. The minimum absolute atomic E-state index is 0.0511. The van der Waals surface area contributed by atoms with Crippen molar-refractivity contribution in [3.63, 3.8) is 0 Å². The van der Waals surface area contributed by atoms with Crippen molar-refractivity contribution in [3.05, 3.63) is 35.6 Å². The van der Waals surface area contributed by atoms with Crippen LogP contribution in [0.15, 0.2) is 29.4 Å². The Morgan fingerprint density at radius 2 is 1.97 bits per heavy atom. The predicted molar refractivity (Wildman–Crippen MR) is 129 cm³/mol. The second-order valence-corrected chi connectivity index (χ2v) is 12.3. The van der Waals surface area contributed by atoms with Crippen LogP contribution in [0.25, 0.3) is 0 Å². The topological polar surface area (TPSA) is 32.7 Å². The Labute approximate surface area is 198 Å². The molecule has 8 atom stereocenters. The van der Waals surface area contributed by atoms with E-state index in [4.69, 9.17) is 5.10 Å². The number of hydrogen-bond acceptors (Lipinski definition) is 2. The second kappa shape index (κ2) is 7.65. The van der Waals surface area contributed by atoms with Crippen molar-refractivity contribution in [1.82, 2.24) is 5.01 Å². The first kappa shape index (κ1) is 21.8. The molecule has 1 amide bonds. The lowest BCUT2D eigenvalue weighted by molar-refractivity contribution is -0.133. The van der Waals surface area contributed by atoms with E-state index in [1.807, 2.05) is 13.0 Å². The normalized spacial score (nSPS) is 43.9. The quantitative estimate of drug-likeness (QED) is 0.471. The number of carbonyl (C=O) groups excluding carboxylic acids is 1. The van der Waals surface area contributed by atoms with Gasteiger partial charge in [0.05, 0.1) is 11.8 Å². The van der Waals surface area contributed by atoms with Crippen molar-refractivity contribution >= 4 is 11.6 Å². The van der Waals surface area contributed by atoms with Crippen molar-refractivity contribution in [2.75, 3.05) is 0 Å². The second-order valence-electron chi connectivity index (χ2n) is 12.3. The van der Waals surface area contributed by atoms with Crippen LogP contribution in [0, 0.1) is 46.2 Å². The third kappa shape index (κ3) is 3.04. The van der Waals surface area contributed by atoms with Gasteiger partial charge < -0.3 is 0 Å². The molecule has 0 N–H and O–H groups in total. The van der Waals surface area contributed by atoms with Crippen LogP contribution in [0.1, 0.15) is 96.6 Å². The third-order valence-corrected chi connectivity index (χ3v) is 11.0. The van der Waals surface area contributed by atoms with Gasteiger partial charge in [-0.25, -0.2) is 9.40 Å². The lowest BCUT2D eigenvalue weighted by Gasteiger charge is -2.59. The van der Waals surface area contributed by atoms with E-state index in [9.17, 15) is 9.18 Å². The molecule has 0 spiro atoms. The maximum absolute atomic E-state index is 14.2. The average molecular weight is 451 g/mol. The molecule has 0 radical (unpaired) electrons. The van der Waals surface area contributed by atoms with E-state index < -0.39 is 0 Å². The number of hydrazone groups is 1. The number of fused-ring (bicyclic) bond motifs is 7. The molecule has 1 aliphatic heterocycles. The van der Waals surface area contributed by atoms with Gasteiger partial charge in [0, 0.05) is 17.8 Å². The Bertz CT molecular complexity index is 990. The molecule has 0 unspecified atom stereocenters. The maximum Gasteiger partial charge on any atom is 0.242 e. The first-order valence-electron chi connectivity index (χ1n) is 13.5. The van der Waals surface area contributed by atoms with Crippen LogP contribution in [-0.4, -0.2) is 16.6 Å². The number of carbonyl (C=O) groups is 1. The van der Waals surface area contributed by atoms with Crippen molar-refractivity contribution < 1.29 is 9.18 Å². The number of nitrogens with zero attached hydrogens (tertiary/aromatic N) is 2. The summed E-state index contributed by atoms with van der Waals surface area (Å²) in [7, 11) is 0. The van der Waals surface area contributed by atoms with Crippen LogP contribution >= 0.6 is 0 Å². The van der Waals surface area contributed by atoms with Gasteiger partial charge in [0.25, 0.3) is 0 Å². The summed E-state index contributed by atoms with van der Waals surface area (Å²) in [6.45, 7) is 6.98. The van der Waals surface area contributed by atoms with Gasteiger partial charge in [0.2, 0.25) is 5.91 Å². The minimum atomic E-state index is -0.227. The van der Waals surface area contributed by atoms with E-state index in [2.05, 4.69) is 13.8 Å². The molecule has 0 bridgehead atoms. The van der Waals surface area contributed by atoms with E-state index in [1.54, 1.807) is 17.1 Å². The minimum Gasteiger partial charge on any atom is -0.273 e. The van der Waals surface area contributed by atoms with Crippen LogP contribution in [-0.2, 0) is 4.79 Å². The summed E-state index contributed by atoms with van der Waals surface area (Å²) >= 11 is 0. The highest BCUT2D eigenvalue weighted by Gasteiger charge is 2.64. The SMILES string of the molecule is CCC(=O)N1N=C2[C@@H](C[C@H]3[C@@H]4CC[C@H]5CCCC[C@]5(C)[C@H]4CC[C@]23C)[C@@H]1c1cccc(F)c1. The van der Waals surface area contributed by atoms with Gasteiger partial charge in [-0.3, -0.25) is 4.79 Å². The summed E-state index contributed by atoms with van der Waals surface area (Å²) < 4.78 is 14.2. The van der Waals surface area contributed by atoms with Crippen LogP contribution in [0.2, 0.25) is 0 Å². The predicted octanol–water partition coefficient (Wildman–Crippen LogP) is 7.13. The smallest absolute Gasteiger partial charge is 0.242 e. The van der Waals surface area contributed by atoms with E-state index in [1.165, 1.54) is 63.1 Å². The Balaban J connectivity index is 1.37. The number of amides is 1. The molecule has 4 fully saturated rings. The zero-order valence-electron chi connectivity index (χ0n) is 20.5. The fourth-order valence-electron chi connectivity index (χ4n) is 9.43. The zero-order valence-corrected chi connectivity index (χ0v) is 20.5. The average Bonchev–Trinajstić information content (AvgIpc) is 3.32. The van der Waals surface area contributed by atoms with E-state index in [0.29, 0.717) is 17.8 Å². The summed E-state index contributed by atoms with van der Waals surface area (Å²) in [6.07, 6.45) is 12.5. The zero-order chi connectivity index (χ0) is 23.0. The first-order chi connectivity index (χ1) is 15.9. The molecule has 6 rings (SSSR count). The van der Waals surface area contributed by atoms with Crippen LogP contribution in [0.4, 0.5) is 4.39 Å². The molecule has 4 heteroatoms. The van der Waals surface area contributed by atoms with Crippen LogP contribution in [0.3, 0.4) is 0 Å². The lowest BCUT2D eigenvalue weighted by atomic mass is 9.45. The summed E-state index contributed by atoms with van der Waals surface area (Å²) in [5, 5.41) is 6.80. The number of hydrogen-bond donors (Lipinski definition) is 0. The van der Waals surface area contributed by atoms with Gasteiger partial charge in [-0.15, -0.1) is 0 Å². The Kier molecular flexibility index (Phi) is 5.05. The third-order valence-electron chi connectivity index (χ3n) is 11.0. The van der Waals surface area contributed by atoms with Crippen molar-refractivity contribution in [2.45, 2.75) is 91.0 Å². The van der Waals surface area contributed by atoms with Gasteiger partial charge >= 0.3 is 0 Å². The first-order valence-corrected chi connectivity index (χ1v) is 13.5. The van der Waals surface area contributed by atoms with Gasteiger partial charge in [-0.05, 0) is 91.7 Å². The molecule has 4 saturated carbocycles. The number of rotatable bonds is 2. The molecule has 33 heavy (non-hydrogen) atoms. The van der Waals surface area contributed by atoms with Gasteiger partial charge in [-0.2, -0.15) is 5.10 Å². The van der Waals surface area contributed by atoms with Crippen LogP contribution in [0.5, 0.6) is 0 Å². The van der Waals surface area contributed by atoms with Gasteiger partial charge in [0.15, 0.2) is 0 Å². The highest BCUT2D eigenvalue weighted by molar-refractivity contribution is 5.98. The molecular weight excluding hydrogens is 411 g/mol. The van der Waals surface area contributed by atoms with Crippen molar-refractivity contribution in [3.8, 4) is 0 Å². The standard InChI is InChI=1S/C29H39FN2O/c1-4-25(33)32-26(18-8-7-10-20(30)16-18)22-17-24-21-12-11-19-9-5-6-14-28(19,2)23(21)13-15-29(24,3)27(22)31-32/h7-8,10,16,19,21-24,26H,4-6,9,11-15,17H2,1-3H3/t19-,21-,22+,23+,24+,26+,28+,29+/m1/s1. The van der Waals surface area contributed by atoms with Gasteiger partial charge in [-0.1, -0.05) is 45.7 Å². The molecule has 1 aromatic carbocycles. The molecule has 1 aromatic rings. The molecule has 1 heterocycles. The Morgan fingerprint density at radius 1 is 1.12 bits per heavy atom. The van der Waals surface area contributed by atoms with Gasteiger partial charge in [0.1, 0.15) is 5.82 Å². The summed E-state index contributed by atoms with van der Waals surface area (Å²) in [5.74, 6) is 3.25. The molecular formula is C29H39FN2O. The Hall–Kier alpha value is -1.71. The molecule has 4 aliphatic carbocycles. The highest BCUT2D eigenvalue weighted by atomic mass is 19.1. The number of halogens is 1. The number of benzene rings is 1. The van der Waals surface area contributed by atoms with E-state index >= 15 is 0 Å². The lowest BCUT2D eigenvalue weighted by Crippen LogP contribution is -2.52. The van der Waals surface area contributed by atoms with Crippen LogP contribution < -0.4 is 0 Å². The Morgan fingerprint density at radius 3 is 2.76 bits per heavy atom. The molecule has 0 saturated heterocycles. The highest BCUT2D eigenvalue weighted by Crippen LogP contribution is 2.68. The summed E-state index contributed by atoms with van der Waals surface area (Å²) in [6, 6.07) is 6.74. The monoisotopic (exact) mass is 450 g/mol. The summed E-state index contributed by atoms with van der Waals surface area (Å²) in [4.78, 5) is 12.9. The summed E-state index contributed by atoms with van der Waals surface area (Å²) in [5.41, 5.74) is 2.76. The van der Waals surface area contributed by atoms with E-state index in [0.717, 1.165) is 29.7 Å². The fourth-order valence-corrected chi connectivity index (χ4v) is 9.43. The van der Waals surface area contributed by atoms with Crippen molar-refractivity contribution in [2.24, 2.45) is 45.5 Å². The van der Waals surface area contributed by atoms with Crippen molar-refractivity contribution in [1.29, 1.82) is 0 Å². The molecule has 178 valence electrons. The molecule has 5 aliphatic rings. The fraction of sp³-hybridized carbons (Fsp3) is 0.724. The maximum atomic E-state index is 14.2. The molecule has 3 nitrogen and oxygen atoms in total.